The minimum absolute atomic E-state index is 0.264. The average Bonchev–Trinajstić information content (AvgIpc) is 2.94. The number of aryl methyl sites for hydroxylation is 1. The first kappa shape index (κ1) is 15.3. The van der Waals surface area contributed by atoms with Crippen LogP contribution >= 0.6 is 0 Å². The van der Waals surface area contributed by atoms with Crippen molar-refractivity contribution < 1.29 is 14.0 Å². The SMILES string of the molecule is CCCc1noc(COc2ccc(OC)cc2CNC)n1. The number of benzene rings is 1. The zero-order chi connectivity index (χ0) is 15.1. The third kappa shape index (κ3) is 4.19. The monoisotopic (exact) mass is 291 g/mol. The Morgan fingerprint density at radius 2 is 2.19 bits per heavy atom. The van der Waals surface area contributed by atoms with Gasteiger partial charge in [-0.05, 0) is 31.7 Å². The topological polar surface area (TPSA) is 69.4 Å². The standard InChI is InChI=1S/C15H21N3O3/c1-4-5-14-17-15(21-18-14)10-20-13-7-6-12(19-3)8-11(13)9-16-2/h6-8,16H,4-5,9-10H2,1-3H3. The van der Waals surface area contributed by atoms with Gasteiger partial charge in [-0.25, -0.2) is 0 Å². The van der Waals surface area contributed by atoms with Gasteiger partial charge in [0.2, 0.25) is 0 Å². The molecule has 0 radical (unpaired) electrons. The zero-order valence-corrected chi connectivity index (χ0v) is 12.7. The lowest BCUT2D eigenvalue weighted by atomic mass is 10.2. The van der Waals surface area contributed by atoms with Crippen molar-refractivity contribution in [1.82, 2.24) is 15.5 Å². The summed E-state index contributed by atoms with van der Waals surface area (Å²) in [6.45, 7) is 3.03. The molecular formula is C15H21N3O3. The average molecular weight is 291 g/mol. The van der Waals surface area contributed by atoms with Crippen molar-refractivity contribution >= 4 is 0 Å². The third-order valence-electron chi connectivity index (χ3n) is 2.97. The number of hydrogen-bond donors (Lipinski definition) is 1. The second-order valence-corrected chi connectivity index (χ2v) is 4.65. The highest BCUT2D eigenvalue weighted by Gasteiger charge is 2.09. The van der Waals surface area contributed by atoms with Crippen LogP contribution in [-0.2, 0) is 19.6 Å². The smallest absolute Gasteiger partial charge is 0.264 e. The Kier molecular flexibility index (Phi) is 5.57. The molecule has 0 fully saturated rings. The van der Waals surface area contributed by atoms with E-state index in [4.69, 9.17) is 14.0 Å². The van der Waals surface area contributed by atoms with Crippen LogP contribution < -0.4 is 14.8 Å². The van der Waals surface area contributed by atoms with Crippen LogP contribution in [0.25, 0.3) is 0 Å². The van der Waals surface area contributed by atoms with Gasteiger partial charge in [0.05, 0.1) is 7.11 Å². The van der Waals surface area contributed by atoms with Gasteiger partial charge in [-0.2, -0.15) is 4.98 Å². The molecule has 1 aromatic carbocycles. The van der Waals surface area contributed by atoms with Crippen LogP contribution in [0, 0.1) is 0 Å². The maximum absolute atomic E-state index is 5.77. The van der Waals surface area contributed by atoms with Crippen molar-refractivity contribution in [3.8, 4) is 11.5 Å². The minimum Gasteiger partial charge on any atom is -0.497 e. The van der Waals surface area contributed by atoms with Gasteiger partial charge >= 0.3 is 0 Å². The molecule has 1 heterocycles. The van der Waals surface area contributed by atoms with E-state index in [-0.39, 0.29) is 6.61 Å². The number of ether oxygens (including phenoxy) is 2. The van der Waals surface area contributed by atoms with Crippen molar-refractivity contribution in [1.29, 1.82) is 0 Å². The second kappa shape index (κ2) is 7.64. The lowest BCUT2D eigenvalue weighted by Gasteiger charge is -2.11. The third-order valence-corrected chi connectivity index (χ3v) is 2.97. The van der Waals surface area contributed by atoms with Gasteiger partial charge in [-0.3, -0.25) is 0 Å². The second-order valence-electron chi connectivity index (χ2n) is 4.65. The maximum Gasteiger partial charge on any atom is 0.264 e. The molecule has 0 atom stereocenters. The number of hydrogen-bond acceptors (Lipinski definition) is 6. The zero-order valence-electron chi connectivity index (χ0n) is 12.7. The van der Waals surface area contributed by atoms with Crippen LogP contribution in [0.4, 0.5) is 0 Å². The molecule has 114 valence electrons. The minimum atomic E-state index is 0.264. The van der Waals surface area contributed by atoms with Crippen LogP contribution in [0.3, 0.4) is 0 Å². The molecule has 0 saturated heterocycles. The summed E-state index contributed by atoms with van der Waals surface area (Å²) in [5.74, 6) is 2.79. The van der Waals surface area contributed by atoms with Gasteiger partial charge in [0, 0.05) is 18.5 Å². The summed E-state index contributed by atoms with van der Waals surface area (Å²) in [4.78, 5) is 4.28. The summed E-state index contributed by atoms with van der Waals surface area (Å²) in [6.07, 6.45) is 1.81. The van der Waals surface area contributed by atoms with Crippen molar-refractivity contribution in [3.63, 3.8) is 0 Å². The Labute approximate surface area is 124 Å². The predicted molar refractivity (Wildman–Crippen MR) is 78.4 cm³/mol. The molecule has 2 rings (SSSR count). The van der Waals surface area contributed by atoms with Crippen LogP contribution in [-0.4, -0.2) is 24.3 Å². The molecule has 0 bridgehead atoms. The van der Waals surface area contributed by atoms with Gasteiger partial charge in [-0.15, -0.1) is 0 Å². The highest BCUT2D eigenvalue weighted by Crippen LogP contribution is 2.24. The molecule has 6 heteroatoms. The molecular weight excluding hydrogens is 270 g/mol. The van der Waals surface area contributed by atoms with E-state index in [2.05, 4.69) is 22.4 Å². The Bertz CT molecular complexity index is 569. The van der Waals surface area contributed by atoms with E-state index in [0.717, 1.165) is 35.7 Å². The Hall–Kier alpha value is -2.08. The lowest BCUT2D eigenvalue weighted by molar-refractivity contribution is 0.240. The highest BCUT2D eigenvalue weighted by molar-refractivity contribution is 5.40. The van der Waals surface area contributed by atoms with Crippen molar-refractivity contribution in [2.75, 3.05) is 14.2 Å². The van der Waals surface area contributed by atoms with Crippen LogP contribution in [0.1, 0.15) is 30.6 Å². The molecule has 0 unspecified atom stereocenters. The summed E-state index contributed by atoms with van der Waals surface area (Å²) in [7, 11) is 3.53. The fourth-order valence-electron chi connectivity index (χ4n) is 1.97. The molecule has 1 aromatic heterocycles. The summed E-state index contributed by atoms with van der Waals surface area (Å²) in [5.41, 5.74) is 1.02. The van der Waals surface area contributed by atoms with Crippen LogP contribution in [0.2, 0.25) is 0 Å². The molecule has 0 aliphatic carbocycles. The van der Waals surface area contributed by atoms with Crippen LogP contribution in [0.5, 0.6) is 11.5 Å². The summed E-state index contributed by atoms with van der Waals surface area (Å²) >= 11 is 0. The van der Waals surface area contributed by atoms with E-state index >= 15 is 0 Å². The molecule has 0 saturated carbocycles. The van der Waals surface area contributed by atoms with Gasteiger partial charge in [0.1, 0.15) is 11.5 Å². The Morgan fingerprint density at radius 3 is 2.90 bits per heavy atom. The van der Waals surface area contributed by atoms with Crippen LogP contribution in [0.15, 0.2) is 22.7 Å². The fraction of sp³-hybridized carbons (Fsp3) is 0.467. The van der Waals surface area contributed by atoms with Gasteiger partial charge < -0.3 is 19.3 Å². The highest BCUT2D eigenvalue weighted by atomic mass is 16.5. The summed E-state index contributed by atoms with van der Waals surface area (Å²) in [6, 6.07) is 5.70. The number of rotatable bonds is 8. The van der Waals surface area contributed by atoms with E-state index < -0.39 is 0 Å². The van der Waals surface area contributed by atoms with E-state index in [0.29, 0.717) is 12.4 Å². The predicted octanol–water partition coefficient (Wildman–Crippen LogP) is 2.33. The van der Waals surface area contributed by atoms with Crippen molar-refractivity contribution in [2.24, 2.45) is 0 Å². The molecule has 2 aromatic rings. The molecule has 0 spiro atoms. The van der Waals surface area contributed by atoms with E-state index in [1.54, 1.807) is 7.11 Å². The van der Waals surface area contributed by atoms with E-state index in [1.807, 2.05) is 25.2 Å². The molecule has 21 heavy (non-hydrogen) atoms. The number of aromatic nitrogens is 2. The molecule has 0 amide bonds. The molecule has 1 N–H and O–H groups in total. The first-order valence-electron chi connectivity index (χ1n) is 7.02. The fourth-order valence-corrected chi connectivity index (χ4v) is 1.97. The van der Waals surface area contributed by atoms with Crippen molar-refractivity contribution in [3.05, 3.63) is 35.5 Å². The first-order chi connectivity index (χ1) is 10.3. The Balaban J connectivity index is 2.04. The van der Waals surface area contributed by atoms with Crippen molar-refractivity contribution in [2.45, 2.75) is 32.9 Å². The largest absolute Gasteiger partial charge is 0.497 e. The van der Waals surface area contributed by atoms with Gasteiger partial charge in [-0.1, -0.05) is 12.1 Å². The van der Waals surface area contributed by atoms with E-state index in [1.165, 1.54) is 0 Å². The number of nitrogens with one attached hydrogen (secondary N) is 1. The van der Waals surface area contributed by atoms with Gasteiger partial charge in [0.25, 0.3) is 5.89 Å². The first-order valence-corrected chi connectivity index (χ1v) is 7.02. The van der Waals surface area contributed by atoms with Gasteiger partial charge in [0.15, 0.2) is 12.4 Å². The summed E-state index contributed by atoms with van der Waals surface area (Å²) in [5, 5.41) is 7.01. The molecule has 0 aliphatic rings. The summed E-state index contributed by atoms with van der Waals surface area (Å²) < 4.78 is 16.2. The number of methoxy groups -OCH3 is 1. The molecule has 0 aliphatic heterocycles. The maximum atomic E-state index is 5.77. The quantitative estimate of drug-likeness (QED) is 0.805. The lowest BCUT2D eigenvalue weighted by Crippen LogP contribution is -2.08. The Morgan fingerprint density at radius 1 is 1.33 bits per heavy atom. The van der Waals surface area contributed by atoms with E-state index in [9.17, 15) is 0 Å². The number of nitrogens with zero attached hydrogens (tertiary/aromatic N) is 2. The normalized spacial score (nSPS) is 10.6. The molecule has 6 nitrogen and oxygen atoms in total.